The third-order valence-corrected chi connectivity index (χ3v) is 2.78. The highest BCUT2D eigenvalue weighted by molar-refractivity contribution is 5.53. The largest absolute Gasteiger partial charge is 0.506 e. The van der Waals surface area contributed by atoms with Gasteiger partial charge in [0.05, 0.1) is 25.0 Å². The van der Waals surface area contributed by atoms with Gasteiger partial charge in [0, 0.05) is 5.69 Å². The molecule has 0 saturated carbocycles. The number of aryl methyl sites for hydroxylation is 1. The van der Waals surface area contributed by atoms with Gasteiger partial charge in [0.15, 0.2) is 0 Å². The van der Waals surface area contributed by atoms with Crippen LogP contribution in [0.25, 0.3) is 0 Å². The molecule has 4 heteroatoms. The van der Waals surface area contributed by atoms with E-state index in [1.54, 1.807) is 12.1 Å². The van der Waals surface area contributed by atoms with Crippen molar-refractivity contribution in [3.63, 3.8) is 0 Å². The Bertz CT molecular complexity index is 538. The van der Waals surface area contributed by atoms with Gasteiger partial charge in [-0.05, 0) is 49.7 Å². The molecule has 2 N–H and O–H groups in total. The van der Waals surface area contributed by atoms with Crippen LogP contribution in [0.2, 0.25) is 0 Å². The minimum absolute atomic E-state index is 0.181. The van der Waals surface area contributed by atoms with E-state index >= 15 is 0 Å². The number of nitrogens with one attached hydrogen (secondary N) is 1. The van der Waals surface area contributed by atoms with E-state index in [1.807, 2.05) is 32.0 Å². The third kappa shape index (κ3) is 3.61. The first-order valence-corrected chi connectivity index (χ1v) is 6.30. The van der Waals surface area contributed by atoms with Crippen LogP contribution in [0.3, 0.4) is 0 Å². The van der Waals surface area contributed by atoms with Crippen molar-refractivity contribution in [2.45, 2.75) is 20.4 Å². The van der Waals surface area contributed by atoms with Crippen LogP contribution in [0.15, 0.2) is 36.5 Å². The molecule has 4 nitrogen and oxygen atoms in total. The number of aromatic hydroxyl groups is 1. The average Bonchev–Trinajstić information content (AvgIpc) is 2.40. The minimum atomic E-state index is 0.181. The fourth-order valence-electron chi connectivity index (χ4n) is 1.80. The third-order valence-electron chi connectivity index (χ3n) is 2.78. The molecule has 0 fully saturated rings. The van der Waals surface area contributed by atoms with E-state index in [0.29, 0.717) is 13.2 Å². The van der Waals surface area contributed by atoms with Gasteiger partial charge in [-0.15, -0.1) is 0 Å². The van der Waals surface area contributed by atoms with Crippen molar-refractivity contribution in [2.24, 2.45) is 0 Å². The van der Waals surface area contributed by atoms with Crippen LogP contribution in [0, 0.1) is 6.92 Å². The molecule has 2 aromatic rings. The number of rotatable bonds is 5. The van der Waals surface area contributed by atoms with Crippen molar-refractivity contribution >= 4 is 5.69 Å². The zero-order valence-electron chi connectivity index (χ0n) is 11.2. The molecule has 0 radical (unpaired) electrons. The maximum atomic E-state index is 9.17. The molecular formula is C15H18N2O2. The van der Waals surface area contributed by atoms with Crippen LogP contribution in [0.1, 0.15) is 18.2 Å². The standard InChI is InChI=1S/C15H18N2O2/c1-3-19-14-6-7-15(11(2)8-14)17-9-12-4-5-13(18)10-16-12/h4-8,10,17-18H,3,9H2,1-2H3. The van der Waals surface area contributed by atoms with Crippen molar-refractivity contribution in [2.75, 3.05) is 11.9 Å². The Labute approximate surface area is 113 Å². The molecule has 0 saturated heterocycles. The first kappa shape index (κ1) is 13.2. The molecule has 2 rings (SSSR count). The Kier molecular flexibility index (Phi) is 4.23. The number of aromatic nitrogens is 1. The molecule has 19 heavy (non-hydrogen) atoms. The van der Waals surface area contributed by atoms with Gasteiger partial charge >= 0.3 is 0 Å². The van der Waals surface area contributed by atoms with Gasteiger partial charge in [0.25, 0.3) is 0 Å². The molecule has 100 valence electrons. The van der Waals surface area contributed by atoms with Crippen LogP contribution in [0.4, 0.5) is 5.69 Å². The second-order valence-corrected chi connectivity index (χ2v) is 4.27. The van der Waals surface area contributed by atoms with Crippen LogP contribution in [-0.2, 0) is 6.54 Å². The molecule has 0 aliphatic rings. The number of pyridine rings is 1. The van der Waals surface area contributed by atoms with Gasteiger partial charge in [0.2, 0.25) is 0 Å². The monoisotopic (exact) mass is 258 g/mol. The summed E-state index contributed by atoms with van der Waals surface area (Å²) in [7, 11) is 0. The lowest BCUT2D eigenvalue weighted by molar-refractivity contribution is 0.340. The first-order chi connectivity index (χ1) is 9.19. The summed E-state index contributed by atoms with van der Waals surface area (Å²) in [6, 6.07) is 9.39. The predicted octanol–water partition coefficient (Wildman–Crippen LogP) is 3.11. The summed E-state index contributed by atoms with van der Waals surface area (Å²) in [6.07, 6.45) is 1.45. The molecule has 0 atom stereocenters. The molecule has 0 bridgehead atoms. The Morgan fingerprint density at radius 2 is 2.11 bits per heavy atom. The maximum absolute atomic E-state index is 9.17. The van der Waals surface area contributed by atoms with E-state index in [4.69, 9.17) is 4.74 Å². The zero-order chi connectivity index (χ0) is 13.7. The number of nitrogens with zero attached hydrogens (tertiary/aromatic N) is 1. The summed E-state index contributed by atoms with van der Waals surface area (Å²) >= 11 is 0. The lowest BCUT2D eigenvalue weighted by Crippen LogP contribution is -2.03. The quantitative estimate of drug-likeness (QED) is 0.865. The normalized spacial score (nSPS) is 10.2. The lowest BCUT2D eigenvalue weighted by Gasteiger charge is -2.11. The first-order valence-electron chi connectivity index (χ1n) is 6.30. The van der Waals surface area contributed by atoms with Gasteiger partial charge in [-0.25, -0.2) is 0 Å². The number of ether oxygens (including phenoxy) is 1. The van der Waals surface area contributed by atoms with Gasteiger partial charge in [-0.2, -0.15) is 0 Å². The van der Waals surface area contributed by atoms with Gasteiger partial charge in [-0.1, -0.05) is 0 Å². The SMILES string of the molecule is CCOc1ccc(NCc2ccc(O)cn2)c(C)c1. The van der Waals surface area contributed by atoms with E-state index < -0.39 is 0 Å². The smallest absolute Gasteiger partial charge is 0.133 e. The van der Waals surface area contributed by atoms with E-state index in [-0.39, 0.29) is 5.75 Å². The highest BCUT2D eigenvalue weighted by Crippen LogP contribution is 2.21. The number of hydrogen-bond donors (Lipinski definition) is 2. The second kappa shape index (κ2) is 6.09. The summed E-state index contributed by atoms with van der Waals surface area (Å²) in [4.78, 5) is 4.13. The second-order valence-electron chi connectivity index (χ2n) is 4.27. The van der Waals surface area contributed by atoms with Crippen molar-refractivity contribution < 1.29 is 9.84 Å². The van der Waals surface area contributed by atoms with Crippen molar-refractivity contribution in [3.05, 3.63) is 47.8 Å². The average molecular weight is 258 g/mol. The van der Waals surface area contributed by atoms with Crippen molar-refractivity contribution in [1.82, 2.24) is 4.98 Å². The van der Waals surface area contributed by atoms with E-state index in [2.05, 4.69) is 10.3 Å². The van der Waals surface area contributed by atoms with Crippen molar-refractivity contribution in [3.8, 4) is 11.5 Å². The molecule has 1 heterocycles. The summed E-state index contributed by atoms with van der Waals surface area (Å²) in [5, 5.41) is 12.5. The van der Waals surface area contributed by atoms with Crippen LogP contribution in [0.5, 0.6) is 11.5 Å². The Morgan fingerprint density at radius 1 is 1.26 bits per heavy atom. The number of anilines is 1. The molecule has 0 spiro atoms. The lowest BCUT2D eigenvalue weighted by atomic mass is 10.2. The fourth-order valence-corrected chi connectivity index (χ4v) is 1.80. The summed E-state index contributed by atoms with van der Waals surface area (Å²) < 4.78 is 5.45. The fraction of sp³-hybridized carbons (Fsp3) is 0.267. The summed E-state index contributed by atoms with van der Waals surface area (Å²) in [5.74, 6) is 1.06. The molecule has 1 aromatic heterocycles. The summed E-state index contributed by atoms with van der Waals surface area (Å²) in [6.45, 7) is 5.30. The predicted molar refractivity (Wildman–Crippen MR) is 75.6 cm³/mol. The molecule has 0 amide bonds. The van der Waals surface area contributed by atoms with Crippen molar-refractivity contribution in [1.29, 1.82) is 0 Å². The van der Waals surface area contributed by atoms with E-state index in [1.165, 1.54) is 6.20 Å². The maximum Gasteiger partial charge on any atom is 0.133 e. The van der Waals surface area contributed by atoms with Crippen LogP contribution in [-0.4, -0.2) is 16.7 Å². The topological polar surface area (TPSA) is 54.4 Å². The molecule has 0 aliphatic heterocycles. The molecule has 1 aromatic carbocycles. The Hall–Kier alpha value is -2.23. The van der Waals surface area contributed by atoms with Crippen LogP contribution < -0.4 is 10.1 Å². The Balaban J connectivity index is 2.01. The molecule has 0 aliphatic carbocycles. The Morgan fingerprint density at radius 3 is 2.74 bits per heavy atom. The van der Waals surface area contributed by atoms with E-state index in [0.717, 1.165) is 22.7 Å². The molecular weight excluding hydrogens is 240 g/mol. The van der Waals surface area contributed by atoms with Gasteiger partial charge < -0.3 is 15.2 Å². The zero-order valence-corrected chi connectivity index (χ0v) is 11.2. The highest BCUT2D eigenvalue weighted by Gasteiger charge is 2.01. The highest BCUT2D eigenvalue weighted by atomic mass is 16.5. The number of hydrogen-bond acceptors (Lipinski definition) is 4. The van der Waals surface area contributed by atoms with Gasteiger partial charge in [0.1, 0.15) is 11.5 Å². The minimum Gasteiger partial charge on any atom is -0.506 e. The van der Waals surface area contributed by atoms with E-state index in [9.17, 15) is 5.11 Å². The van der Waals surface area contributed by atoms with Crippen LogP contribution >= 0.6 is 0 Å². The van der Waals surface area contributed by atoms with Gasteiger partial charge in [-0.3, -0.25) is 4.98 Å². The number of benzene rings is 1. The summed E-state index contributed by atoms with van der Waals surface area (Å²) in [5.41, 5.74) is 3.06. The molecule has 0 unspecified atom stereocenters.